The summed E-state index contributed by atoms with van der Waals surface area (Å²) >= 11 is 0. The number of ether oxygens (including phenoxy) is 1. The summed E-state index contributed by atoms with van der Waals surface area (Å²) in [4.78, 5) is 13.1. The molecule has 0 radical (unpaired) electrons. The summed E-state index contributed by atoms with van der Waals surface area (Å²) in [6, 6.07) is 17.2. The van der Waals surface area contributed by atoms with E-state index in [-0.39, 0.29) is 11.5 Å². The van der Waals surface area contributed by atoms with Gasteiger partial charge in [0, 0.05) is 17.9 Å². The van der Waals surface area contributed by atoms with E-state index in [0.29, 0.717) is 42.5 Å². The Morgan fingerprint density at radius 3 is 2.75 bits per heavy atom. The molecule has 5 rings (SSSR count). The first-order valence-electron chi connectivity index (χ1n) is 12.6. The highest BCUT2D eigenvalue weighted by molar-refractivity contribution is 5.88. The number of benzene rings is 2. The third kappa shape index (κ3) is 3.69. The van der Waals surface area contributed by atoms with Crippen LogP contribution in [-0.2, 0) is 17.8 Å². The second-order valence-corrected chi connectivity index (χ2v) is 10.7. The monoisotopic (exact) mass is 431 g/mol. The molecule has 2 aromatic carbocycles. The third-order valence-electron chi connectivity index (χ3n) is 8.89. The van der Waals surface area contributed by atoms with Gasteiger partial charge in [-0.1, -0.05) is 56.7 Å². The van der Waals surface area contributed by atoms with Crippen molar-refractivity contribution in [3.63, 3.8) is 0 Å². The highest BCUT2D eigenvalue weighted by atomic mass is 16.5. The van der Waals surface area contributed by atoms with Crippen LogP contribution in [0.4, 0.5) is 0 Å². The minimum absolute atomic E-state index is 0.157. The fourth-order valence-electron chi connectivity index (χ4n) is 7.29. The number of hydrogen-bond acceptors (Lipinski definition) is 3. The van der Waals surface area contributed by atoms with Crippen LogP contribution in [0.25, 0.3) is 0 Å². The molecule has 0 amide bonds. The molecule has 2 aromatic rings. The molecular formula is C29H37NO2. The zero-order valence-corrected chi connectivity index (χ0v) is 19.6. The summed E-state index contributed by atoms with van der Waals surface area (Å²) in [6.07, 6.45) is 7.20. The second kappa shape index (κ2) is 8.67. The van der Waals surface area contributed by atoms with Gasteiger partial charge in [-0.2, -0.15) is 0 Å². The molecule has 2 saturated carbocycles. The molecule has 0 saturated heterocycles. The van der Waals surface area contributed by atoms with Crippen LogP contribution in [0.3, 0.4) is 0 Å². The van der Waals surface area contributed by atoms with Crippen LogP contribution < -0.4 is 10.5 Å². The summed E-state index contributed by atoms with van der Waals surface area (Å²) in [6.45, 7) is 5.06. The Kier molecular flexibility index (Phi) is 5.88. The summed E-state index contributed by atoms with van der Waals surface area (Å²) in [5.74, 6) is 3.38. The first-order valence-corrected chi connectivity index (χ1v) is 12.6. The molecule has 1 unspecified atom stereocenters. The van der Waals surface area contributed by atoms with E-state index in [1.807, 2.05) is 6.07 Å². The minimum atomic E-state index is -0.159. The van der Waals surface area contributed by atoms with Crippen LogP contribution in [0.15, 0.2) is 48.5 Å². The molecule has 32 heavy (non-hydrogen) atoms. The number of rotatable bonds is 6. The Hall–Kier alpha value is -2.13. The van der Waals surface area contributed by atoms with Crippen molar-refractivity contribution in [1.82, 2.24) is 0 Å². The topological polar surface area (TPSA) is 52.3 Å². The number of aryl methyl sites for hydroxylation is 1. The minimum Gasteiger partial charge on any atom is -0.489 e. The summed E-state index contributed by atoms with van der Waals surface area (Å²) in [7, 11) is 0. The maximum Gasteiger partial charge on any atom is 0.139 e. The van der Waals surface area contributed by atoms with Crippen molar-refractivity contribution in [3.05, 3.63) is 65.2 Å². The maximum absolute atomic E-state index is 13.1. The van der Waals surface area contributed by atoms with Gasteiger partial charge >= 0.3 is 0 Å². The first kappa shape index (κ1) is 21.7. The molecular weight excluding hydrogens is 394 g/mol. The predicted molar refractivity (Wildman–Crippen MR) is 129 cm³/mol. The Morgan fingerprint density at radius 1 is 1.16 bits per heavy atom. The number of fused-ring (bicyclic) bond motifs is 5. The summed E-state index contributed by atoms with van der Waals surface area (Å²) in [5.41, 5.74) is 10.6. The van der Waals surface area contributed by atoms with Crippen molar-refractivity contribution < 1.29 is 9.53 Å². The van der Waals surface area contributed by atoms with Gasteiger partial charge < -0.3 is 10.5 Å². The maximum atomic E-state index is 13.1. The van der Waals surface area contributed by atoms with E-state index >= 15 is 0 Å². The van der Waals surface area contributed by atoms with Crippen LogP contribution in [0, 0.1) is 23.2 Å². The number of carbonyl (C=O) groups excluding carboxylic acids is 1. The number of ketones is 1. The molecule has 3 heteroatoms. The molecule has 0 aliphatic heterocycles. The van der Waals surface area contributed by atoms with Gasteiger partial charge in [0.05, 0.1) is 0 Å². The molecule has 0 heterocycles. The highest BCUT2D eigenvalue weighted by Crippen LogP contribution is 2.62. The van der Waals surface area contributed by atoms with E-state index in [9.17, 15) is 4.79 Å². The van der Waals surface area contributed by atoms with Crippen LogP contribution in [0.2, 0.25) is 0 Å². The molecule has 0 spiro atoms. The quantitative estimate of drug-likeness (QED) is 0.606. The lowest BCUT2D eigenvalue weighted by atomic mass is 9.53. The zero-order chi connectivity index (χ0) is 22.3. The molecule has 170 valence electrons. The number of nitrogens with two attached hydrogens (primary N) is 1. The smallest absolute Gasteiger partial charge is 0.139 e. The number of hydrogen-bond donors (Lipinski definition) is 1. The fourth-order valence-corrected chi connectivity index (χ4v) is 7.29. The lowest BCUT2D eigenvalue weighted by Crippen LogP contribution is -2.47. The van der Waals surface area contributed by atoms with Gasteiger partial charge in [-0.15, -0.1) is 0 Å². The predicted octanol–water partition coefficient (Wildman–Crippen LogP) is 6.04. The van der Waals surface area contributed by atoms with E-state index in [1.54, 1.807) is 0 Å². The van der Waals surface area contributed by atoms with Crippen LogP contribution in [-0.4, -0.2) is 11.8 Å². The fraction of sp³-hybridized carbons (Fsp3) is 0.552. The lowest BCUT2D eigenvalue weighted by Gasteiger charge is -2.50. The van der Waals surface area contributed by atoms with Crippen molar-refractivity contribution >= 4 is 5.78 Å². The Balaban J connectivity index is 1.37. The molecule has 2 N–H and O–H groups in total. The van der Waals surface area contributed by atoms with Gasteiger partial charge in [0.15, 0.2) is 0 Å². The Bertz CT molecular complexity index is 970. The molecule has 3 aliphatic rings. The van der Waals surface area contributed by atoms with Crippen molar-refractivity contribution in [2.24, 2.45) is 28.9 Å². The van der Waals surface area contributed by atoms with Gasteiger partial charge in [0.25, 0.3) is 0 Å². The molecule has 3 aliphatic carbocycles. The molecule has 2 fully saturated rings. The molecule has 0 aromatic heterocycles. The Labute approximate surface area is 192 Å². The van der Waals surface area contributed by atoms with Gasteiger partial charge in [-0.25, -0.2) is 0 Å². The average molecular weight is 432 g/mol. The summed E-state index contributed by atoms with van der Waals surface area (Å²) < 4.78 is 6.11. The lowest BCUT2D eigenvalue weighted by molar-refractivity contribution is -0.129. The third-order valence-corrected chi connectivity index (χ3v) is 8.89. The van der Waals surface area contributed by atoms with E-state index in [4.69, 9.17) is 10.5 Å². The first-order chi connectivity index (χ1) is 15.5. The molecule has 0 bridgehead atoms. The van der Waals surface area contributed by atoms with Crippen LogP contribution in [0.5, 0.6) is 5.75 Å². The highest BCUT2D eigenvalue weighted by Gasteiger charge is 2.59. The van der Waals surface area contributed by atoms with Crippen LogP contribution in [0.1, 0.15) is 75.0 Å². The van der Waals surface area contributed by atoms with Crippen molar-refractivity contribution in [1.29, 1.82) is 0 Å². The van der Waals surface area contributed by atoms with Crippen molar-refractivity contribution in [2.75, 3.05) is 0 Å². The number of carbonyl (C=O) groups is 1. The van der Waals surface area contributed by atoms with E-state index < -0.39 is 0 Å². The molecule has 6 atom stereocenters. The van der Waals surface area contributed by atoms with Gasteiger partial charge in [0.1, 0.15) is 18.1 Å². The normalized spacial score (nSPS) is 32.0. The second-order valence-electron chi connectivity index (χ2n) is 10.7. The van der Waals surface area contributed by atoms with Gasteiger partial charge in [-0.3, -0.25) is 4.79 Å². The Morgan fingerprint density at radius 2 is 1.97 bits per heavy atom. The molecule has 3 nitrogen and oxygen atoms in total. The SMILES string of the molecule is CCCC(N)[C@@H]1CC(=O)[C@@]2(C)CC[C@@H]3c4ccc(OCc5ccccc5)cc4CC[C@H]3[C@H]12. The van der Waals surface area contributed by atoms with Crippen LogP contribution >= 0.6 is 0 Å². The number of Topliss-reactive ketones (excluding diaryl/α,β-unsaturated/α-hetero) is 1. The summed E-state index contributed by atoms with van der Waals surface area (Å²) in [5, 5.41) is 0. The average Bonchev–Trinajstić information content (AvgIpc) is 3.09. The zero-order valence-electron chi connectivity index (χ0n) is 19.6. The van der Waals surface area contributed by atoms with Crippen molar-refractivity contribution in [2.45, 2.75) is 77.4 Å². The van der Waals surface area contributed by atoms with Gasteiger partial charge in [-0.05, 0) is 84.6 Å². The van der Waals surface area contributed by atoms with Gasteiger partial charge in [0.2, 0.25) is 0 Å². The van der Waals surface area contributed by atoms with E-state index in [1.165, 1.54) is 23.1 Å². The van der Waals surface area contributed by atoms with Crippen molar-refractivity contribution in [3.8, 4) is 5.75 Å². The standard InChI is InChI=1S/C29H37NO2/c1-3-7-26(30)25-17-27(31)29(2)15-14-23-22-13-11-21(32-18-19-8-5-4-6-9-19)16-20(22)10-12-24(23)28(25)29/h4-6,8-9,11,13,16,23-26,28H,3,7,10,12,14-15,17-18,30H2,1-2H3/t23-,24-,25+,26?,28-,29-/m1/s1. The van der Waals surface area contributed by atoms with E-state index in [2.05, 4.69) is 56.3 Å². The largest absolute Gasteiger partial charge is 0.489 e. The van der Waals surface area contributed by atoms with E-state index in [0.717, 1.165) is 37.9 Å².